The van der Waals surface area contributed by atoms with Crippen molar-refractivity contribution in [1.29, 1.82) is 0 Å². The largest absolute Gasteiger partial charge is 0.301 e. The predicted molar refractivity (Wildman–Crippen MR) is 67.7 cm³/mol. The Morgan fingerprint density at radius 3 is 2.40 bits per heavy atom. The highest BCUT2D eigenvalue weighted by Crippen LogP contribution is 2.32. The summed E-state index contributed by atoms with van der Waals surface area (Å²) >= 11 is 12.5. The van der Waals surface area contributed by atoms with Crippen molar-refractivity contribution in [3.63, 3.8) is 0 Å². The normalized spacial score (nSPS) is 15.0. The molecule has 0 bridgehead atoms. The number of hydrogen-bond donors (Lipinski definition) is 0. The van der Waals surface area contributed by atoms with Crippen molar-refractivity contribution >= 4 is 23.2 Å². The lowest BCUT2D eigenvalue weighted by Crippen LogP contribution is -2.29. The van der Waals surface area contributed by atoms with E-state index in [9.17, 15) is 0 Å². The molecular formula is C12H15Cl2N. The minimum Gasteiger partial charge on any atom is -0.301 e. The van der Waals surface area contributed by atoms with Gasteiger partial charge in [0.15, 0.2) is 0 Å². The summed E-state index contributed by atoms with van der Waals surface area (Å²) in [5.74, 6) is 0. The molecule has 2 atom stereocenters. The minimum absolute atomic E-state index is 0.0755. The van der Waals surface area contributed by atoms with Gasteiger partial charge in [-0.15, -0.1) is 18.2 Å². The van der Waals surface area contributed by atoms with Gasteiger partial charge in [0.25, 0.3) is 0 Å². The number of halogens is 2. The van der Waals surface area contributed by atoms with E-state index in [4.69, 9.17) is 23.2 Å². The molecule has 1 nitrogen and oxygen atoms in total. The number of alkyl halides is 1. The number of benzene rings is 1. The summed E-state index contributed by atoms with van der Waals surface area (Å²) in [7, 11) is 3.94. The molecule has 0 radical (unpaired) electrons. The molecule has 0 saturated carbocycles. The molecule has 3 heteroatoms. The zero-order valence-electron chi connectivity index (χ0n) is 8.95. The summed E-state index contributed by atoms with van der Waals surface area (Å²) in [6.07, 6.45) is 1.83. The Labute approximate surface area is 101 Å². The standard InChI is InChI=1S/C12H15Cl2N/c1-4-11(15(2)3)12(14)9-7-5-6-8-10(9)13/h4-8,11-12H,1H2,2-3H3. The van der Waals surface area contributed by atoms with Crippen LogP contribution in [0.15, 0.2) is 36.9 Å². The van der Waals surface area contributed by atoms with Gasteiger partial charge in [-0.1, -0.05) is 35.9 Å². The molecule has 0 aromatic heterocycles. The third kappa shape index (κ3) is 2.97. The highest BCUT2D eigenvalue weighted by atomic mass is 35.5. The van der Waals surface area contributed by atoms with Crippen LogP contribution in [-0.2, 0) is 0 Å². The van der Waals surface area contributed by atoms with Crippen LogP contribution >= 0.6 is 23.2 Å². The molecule has 0 amide bonds. The molecule has 0 heterocycles. The van der Waals surface area contributed by atoms with Crippen LogP contribution in [0, 0.1) is 0 Å². The van der Waals surface area contributed by atoms with Crippen LogP contribution in [-0.4, -0.2) is 25.0 Å². The maximum Gasteiger partial charge on any atom is 0.0790 e. The van der Waals surface area contributed by atoms with E-state index in [-0.39, 0.29) is 11.4 Å². The van der Waals surface area contributed by atoms with Gasteiger partial charge >= 0.3 is 0 Å². The lowest BCUT2D eigenvalue weighted by Gasteiger charge is -2.26. The number of likely N-dealkylation sites (N-methyl/N-ethyl adjacent to an activating group) is 1. The van der Waals surface area contributed by atoms with Crippen LogP contribution in [0.5, 0.6) is 0 Å². The number of hydrogen-bond acceptors (Lipinski definition) is 1. The topological polar surface area (TPSA) is 3.24 Å². The summed E-state index contributed by atoms with van der Waals surface area (Å²) in [6.45, 7) is 3.79. The minimum atomic E-state index is -0.175. The van der Waals surface area contributed by atoms with Crippen molar-refractivity contribution in [3.05, 3.63) is 47.5 Å². The third-order valence-electron chi connectivity index (χ3n) is 2.34. The smallest absolute Gasteiger partial charge is 0.0790 e. The second-order valence-electron chi connectivity index (χ2n) is 3.61. The second kappa shape index (κ2) is 5.55. The Morgan fingerprint density at radius 1 is 1.33 bits per heavy atom. The van der Waals surface area contributed by atoms with Gasteiger partial charge in [0.1, 0.15) is 0 Å². The fourth-order valence-corrected chi connectivity index (χ4v) is 2.30. The van der Waals surface area contributed by atoms with Crippen LogP contribution in [0.3, 0.4) is 0 Å². The molecule has 0 fully saturated rings. The molecule has 2 unspecified atom stereocenters. The van der Waals surface area contributed by atoms with Crippen LogP contribution in [0.4, 0.5) is 0 Å². The van der Waals surface area contributed by atoms with E-state index in [2.05, 4.69) is 6.58 Å². The Hall–Kier alpha value is -0.500. The highest BCUT2D eigenvalue weighted by Gasteiger charge is 2.21. The van der Waals surface area contributed by atoms with Gasteiger partial charge in [-0.25, -0.2) is 0 Å². The lowest BCUT2D eigenvalue weighted by atomic mass is 10.0. The Kier molecular flexibility index (Phi) is 4.65. The summed E-state index contributed by atoms with van der Waals surface area (Å²) in [5.41, 5.74) is 0.944. The van der Waals surface area contributed by atoms with Crippen LogP contribution in [0.2, 0.25) is 5.02 Å². The van der Waals surface area contributed by atoms with Crippen molar-refractivity contribution < 1.29 is 0 Å². The van der Waals surface area contributed by atoms with Crippen molar-refractivity contribution in [2.75, 3.05) is 14.1 Å². The first-order valence-corrected chi connectivity index (χ1v) is 5.57. The molecule has 82 valence electrons. The fourth-order valence-electron chi connectivity index (χ4n) is 1.47. The summed E-state index contributed by atoms with van der Waals surface area (Å²) < 4.78 is 0. The van der Waals surface area contributed by atoms with Gasteiger partial charge < -0.3 is 4.90 Å². The second-order valence-corrected chi connectivity index (χ2v) is 4.49. The van der Waals surface area contributed by atoms with Gasteiger partial charge in [0.2, 0.25) is 0 Å². The van der Waals surface area contributed by atoms with E-state index >= 15 is 0 Å². The van der Waals surface area contributed by atoms with E-state index in [0.717, 1.165) is 5.56 Å². The maximum atomic E-state index is 6.38. The molecule has 0 aliphatic carbocycles. The van der Waals surface area contributed by atoms with Gasteiger partial charge in [-0.2, -0.15) is 0 Å². The summed E-state index contributed by atoms with van der Waals surface area (Å²) in [4.78, 5) is 2.02. The monoisotopic (exact) mass is 243 g/mol. The van der Waals surface area contributed by atoms with E-state index < -0.39 is 0 Å². The average molecular weight is 244 g/mol. The number of rotatable bonds is 4. The molecule has 1 aromatic carbocycles. The SMILES string of the molecule is C=CC(C(Cl)c1ccccc1Cl)N(C)C. The predicted octanol–water partition coefficient (Wildman–Crippen LogP) is 3.74. The first kappa shape index (κ1) is 12.6. The molecule has 0 saturated heterocycles. The van der Waals surface area contributed by atoms with Crippen LogP contribution in [0.25, 0.3) is 0 Å². The lowest BCUT2D eigenvalue weighted by molar-refractivity contribution is 0.335. The average Bonchev–Trinajstić information content (AvgIpc) is 2.18. The Bertz CT molecular complexity index is 336. The fraction of sp³-hybridized carbons (Fsp3) is 0.333. The summed E-state index contributed by atoms with van der Waals surface area (Å²) in [6, 6.07) is 7.70. The zero-order valence-corrected chi connectivity index (χ0v) is 10.5. The Balaban J connectivity index is 2.97. The van der Waals surface area contributed by atoms with Crippen molar-refractivity contribution in [2.45, 2.75) is 11.4 Å². The van der Waals surface area contributed by atoms with E-state index in [1.165, 1.54) is 0 Å². The van der Waals surface area contributed by atoms with Crippen molar-refractivity contribution in [1.82, 2.24) is 4.90 Å². The molecule has 0 aliphatic rings. The van der Waals surface area contributed by atoms with E-state index in [1.54, 1.807) is 0 Å². The van der Waals surface area contributed by atoms with Crippen LogP contribution < -0.4 is 0 Å². The van der Waals surface area contributed by atoms with Gasteiger partial charge in [0.05, 0.1) is 5.38 Å². The highest BCUT2D eigenvalue weighted by molar-refractivity contribution is 6.32. The quantitative estimate of drug-likeness (QED) is 0.576. The molecule has 15 heavy (non-hydrogen) atoms. The van der Waals surface area contributed by atoms with E-state index in [1.807, 2.05) is 49.3 Å². The zero-order chi connectivity index (χ0) is 11.4. The van der Waals surface area contributed by atoms with Gasteiger partial charge in [0, 0.05) is 11.1 Å². The van der Waals surface area contributed by atoms with Crippen molar-refractivity contribution in [2.24, 2.45) is 0 Å². The molecule has 1 aromatic rings. The molecular weight excluding hydrogens is 229 g/mol. The molecule has 0 N–H and O–H groups in total. The number of nitrogens with zero attached hydrogens (tertiary/aromatic N) is 1. The molecule has 0 aliphatic heterocycles. The Morgan fingerprint density at radius 2 is 1.93 bits per heavy atom. The van der Waals surface area contributed by atoms with E-state index in [0.29, 0.717) is 5.02 Å². The molecule has 0 spiro atoms. The summed E-state index contributed by atoms with van der Waals surface area (Å²) in [5, 5.41) is 0.525. The molecule has 1 rings (SSSR count). The van der Waals surface area contributed by atoms with Gasteiger partial charge in [-0.3, -0.25) is 0 Å². The third-order valence-corrected chi connectivity index (χ3v) is 3.18. The van der Waals surface area contributed by atoms with Gasteiger partial charge in [-0.05, 0) is 25.7 Å². The van der Waals surface area contributed by atoms with Crippen LogP contribution in [0.1, 0.15) is 10.9 Å². The van der Waals surface area contributed by atoms with Crippen molar-refractivity contribution in [3.8, 4) is 0 Å². The maximum absolute atomic E-state index is 6.38. The first-order valence-electron chi connectivity index (χ1n) is 4.75. The first-order chi connectivity index (χ1) is 7.07.